The lowest BCUT2D eigenvalue weighted by atomic mass is 9.83. The number of rotatable bonds is 4. The van der Waals surface area contributed by atoms with Gasteiger partial charge in [0, 0.05) is 25.2 Å². The van der Waals surface area contributed by atoms with Gasteiger partial charge in [0.15, 0.2) is 11.5 Å². The molecule has 1 saturated heterocycles. The number of benzene rings is 1. The van der Waals surface area contributed by atoms with E-state index in [1.165, 1.54) is 32.1 Å². The van der Waals surface area contributed by atoms with Crippen molar-refractivity contribution >= 4 is 23.2 Å². The molecule has 1 aliphatic carbocycles. The van der Waals surface area contributed by atoms with Crippen molar-refractivity contribution in [2.75, 3.05) is 25.4 Å². The zero-order chi connectivity index (χ0) is 21.3. The number of nitrogens with two attached hydrogens (primary N) is 1. The second-order valence-corrected chi connectivity index (χ2v) is 9.55. The van der Waals surface area contributed by atoms with E-state index in [2.05, 4.69) is 17.1 Å². The molecule has 2 atom stereocenters. The maximum absolute atomic E-state index is 13.0. The molecule has 2 unspecified atom stereocenters. The van der Waals surface area contributed by atoms with E-state index in [1.54, 1.807) is 6.07 Å². The number of nitrogens with zero attached hydrogens (tertiary/aromatic N) is 1. The molecule has 2 fully saturated rings. The lowest BCUT2D eigenvalue weighted by Crippen LogP contribution is -2.49. The molecule has 7 heteroatoms. The van der Waals surface area contributed by atoms with Crippen molar-refractivity contribution in [2.24, 2.45) is 5.92 Å². The minimum absolute atomic E-state index is 0.135. The summed E-state index contributed by atoms with van der Waals surface area (Å²) in [5.74, 6) is 1.43. The van der Waals surface area contributed by atoms with Gasteiger partial charge in [-0.3, -0.25) is 4.79 Å². The van der Waals surface area contributed by atoms with Crippen molar-refractivity contribution in [3.8, 4) is 11.5 Å². The van der Waals surface area contributed by atoms with E-state index in [1.807, 2.05) is 6.92 Å². The van der Waals surface area contributed by atoms with Crippen molar-refractivity contribution in [1.29, 1.82) is 0 Å². The lowest BCUT2D eigenvalue weighted by Gasteiger charge is -2.40. The van der Waals surface area contributed by atoms with Crippen molar-refractivity contribution in [1.82, 2.24) is 10.2 Å². The van der Waals surface area contributed by atoms with Gasteiger partial charge in [-0.1, -0.05) is 30.9 Å². The quantitative estimate of drug-likeness (QED) is 0.691. The van der Waals surface area contributed by atoms with Gasteiger partial charge in [0.05, 0.1) is 16.3 Å². The molecule has 4 rings (SSSR count). The first-order valence-electron chi connectivity index (χ1n) is 11.4. The number of nitrogens with one attached hydrogen (secondary N) is 1. The molecule has 0 bridgehead atoms. The summed E-state index contributed by atoms with van der Waals surface area (Å²) in [4.78, 5) is 15.6. The minimum Gasteiger partial charge on any atom is -0.485 e. The third kappa shape index (κ3) is 4.50. The number of nitrogen functional groups attached to an aromatic ring is 1. The summed E-state index contributed by atoms with van der Waals surface area (Å²) < 4.78 is 11.6. The zero-order valence-corrected chi connectivity index (χ0v) is 18.8. The third-order valence-corrected chi connectivity index (χ3v) is 7.34. The van der Waals surface area contributed by atoms with Crippen LogP contribution in [0.25, 0.3) is 0 Å². The van der Waals surface area contributed by atoms with Crippen LogP contribution in [0.2, 0.25) is 5.02 Å². The van der Waals surface area contributed by atoms with E-state index < -0.39 is 0 Å². The summed E-state index contributed by atoms with van der Waals surface area (Å²) in [6, 6.07) is 2.38. The van der Waals surface area contributed by atoms with Crippen LogP contribution < -0.4 is 20.5 Å². The van der Waals surface area contributed by atoms with E-state index in [0.29, 0.717) is 40.4 Å². The first-order chi connectivity index (χ1) is 14.4. The van der Waals surface area contributed by atoms with E-state index in [0.717, 1.165) is 31.8 Å². The van der Waals surface area contributed by atoms with Crippen molar-refractivity contribution < 1.29 is 14.3 Å². The Labute approximate surface area is 184 Å². The number of piperidine rings is 1. The van der Waals surface area contributed by atoms with Crippen LogP contribution in [0, 0.1) is 5.92 Å². The number of amides is 1. The second-order valence-electron chi connectivity index (χ2n) is 9.14. The van der Waals surface area contributed by atoms with Gasteiger partial charge in [0.1, 0.15) is 12.7 Å². The molecule has 1 saturated carbocycles. The molecule has 0 aromatic heterocycles. The zero-order valence-electron chi connectivity index (χ0n) is 18.1. The third-order valence-electron chi connectivity index (χ3n) is 7.02. The molecule has 0 radical (unpaired) electrons. The van der Waals surface area contributed by atoms with E-state index in [4.69, 9.17) is 26.8 Å². The number of carbonyl (C=O) groups excluding carboxylic acids is 1. The summed E-state index contributed by atoms with van der Waals surface area (Å²) >= 11 is 6.27. The molecular formula is C23H34ClN3O3. The highest BCUT2D eigenvalue weighted by Gasteiger charge is 2.31. The predicted molar refractivity (Wildman–Crippen MR) is 120 cm³/mol. The maximum Gasteiger partial charge on any atom is 0.255 e. The van der Waals surface area contributed by atoms with Crippen LogP contribution in [0.3, 0.4) is 0 Å². The number of anilines is 1. The lowest BCUT2D eigenvalue weighted by molar-refractivity contribution is 0.0800. The van der Waals surface area contributed by atoms with Gasteiger partial charge in [-0.15, -0.1) is 0 Å². The van der Waals surface area contributed by atoms with E-state index >= 15 is 0 Å². The number of ether oxygens (including phenoxy) is 2. The molecular weight excluding hydrogens is 402 g/mol. The fraction of sp³-hybridized carbons (Fsp3) is 0.696. The molecule has 0 spiro atoms. The van der Waals surface area contributed by atoms with Gasteiger partial charge in [-0.25, -0.2) is 0 Å². The Morgan fingerprint density at radius 3 is 2.60 bits per heavy atom. The number of carbonyl (C=O) groups is 1. The van der Waals surface area contributed by atoms with E-state index in [9.17, 15) is 4.79 Å². The molecule has 3 N–H and O–H groups in total. The molecule has 6 nitrogen and oxygen atoms in total. The van der Waals surface area contributed by atoms with Gasteiger partial charge in [-0.05, 0) is 51.5 Å². The Kier molecular flexibility index (Phi) is 6.63. The molecule has 1 aromatic carbocycles. The highest BCUT2D eigenvalue weighted by molar-refractivity contribution is 6.34. The summed E-state index contributed by atoms with van der Waals surface area (Å²) in [7, 11) is 0. The predicted octanol–water partition coefficient (Wildman–Crippen LogP) is 4.24. The standard InChI is InChI=1S/C23H34ClN3O3/c1-14-13-29-21-18(12-19(24)20(25)22(21)30-14)23(28)26-17-8-10-27(11-9-17)15(2)16-6-4-3-5-7-16/h12,14-17H,3-11,13,25H2,1-2H3,(H,26,28). The Hall–Kier alpha value is -1.66. The Morgan fingerprint density at radius 1 is 1.20 bits per heavy atom. The molecule has 1 amide bonds. The van der Waals surface area contributed by atoms with Gasteiger partial charge >= 0.3 is 0 Å². The summed E-state index contributed by atoms with van der Waals surface area (Å²) in [5, 5.41) is 3.49. The van der Waals surface area contributed by atoms with Crippen LogP contribution in [0.5, 0.6) is 11.5 Å². The van der Waals surface area contributed by atoms with Crippen LogP contribution in [-0.2, 0) is 0 Å². The summed E-state index contributed by atoms with van der Waals surface area (Å²) in [6.45, 7) is 6.72. The Bertz CT molecular complexity index is 773. The number of halogens is 1. The van der Waals surface area contributed by atoms with Crippen LogP contribution in [0.1, 0.15) is 69.2 Å². The number of fused-ring (bicyclic) bond motifs is 1. The SMILES string of the molecule is CC1COc2c(C(=O)NC3CCN(C(C)C4CCCCC4)CC3)cc(Cl)c(N)c2O1. The number of hydrogen-bond acceptors (Lipinski definition) is 5. The van der Waals surface area contributed by atoms with Crippen LogP contribution in [-0.4, -0.2) is 48.7 Å². The largest absolute Gasteiger partial charge is 0.485 e. The summed E-state index contributed by atoms with van der Waals surface area (Å²) in [6.07, 6.45) is 8.66. The Morgan fingerprint density at radius 2 is 1.90 bits per heavy atom. The van der Waals surface area contributed by atoms with Crippen LogP contribution >= 0.6 is 11.6 Å². The van der Waals surface area contributed by atoms with Crippen LogP contribution in [0.4, 0.5) is 5.69 Å². The number of likely N-dealkylation sites (tertiary alicyclic amines) is 1. The first kappa shape index (κ1) is 21.6. The highest BCUT2D eigenvalue weighted by atomic mass is 35.5. The van der Waals surface area contributed by atoms with Gasteiger partial charge in [-0.2, -0.15) is 0 Å². The molecule has 2 heterocycles. The smallest absolute Gasteiger partial charge is 0.255 e. The fourth-order valence-corrected chi connectivity index (χ4v) is 5.31. The second kappa shape index (κ2) is 9.23. The number of hydrogen-bond donors (Lipinski definition) is 2. The fourth-order valence-electron chi connectivity index (χ4n) is 5.12. The van der Waals surface area contributed by atoms with Gasteiger partial charge in [0.25, 0.3) is 5.91 Å². The molecule has 3 aliphatic rings. The normalized spacial score (nSPS) is 24.4. The van der Waals surface area contributed by atoms with Gasteiger partial charge in [0.2, 0.25) is 0 Å². The minimum atomic E-state index is -0.176. The average molecular weight is 436 g/mol. The van der Waals surface area contributed by atoms with E-state index in [-0.39, 0.29) is 18.1 Å². The highest BCUT2D eigenvalue weighted by Crippen LogP contribution is 2.44. The molecule has 30 heavy (non-hydrogen) atoms. The van der Waals surface area contributed by atoms with Crippen molar-refractivity contribution in [2.45, 2.75) is 77.0 Å². The van der Waals surface area contributed by atoms with Gasteiger partial charge < -0.3 is 25.4 Å². The van der Waals surface area contributed by atoms with Crippen LogP contribution in [0.15, 0.2) is 6.07 Å². The van der Waals surface area contributed by atoms with Crippen molar-refractivity contribution in [3.63, 3.8) is 0 Å². The summed E-state index contributed by atoms with van der Waals surface area (Å²) in [5.41, 5.74) is 6.77. The molecule has 2 aliphatic heterocycles. The Balaban J connectivity index is 1.37. The van der Waals surface area contributed by atoms with Crippen molar-refractivity contribution in [3.05, 3.63) is 16.7 Å². The average Bonchev–Trinajstić information content (AvgIpc) is 2.77. The molecule has 1 aromatic rings. The first-order valence-corrected chi connectivity index (χ1v) is 11.8. The topological polar surface area (TPSA) is 76.8 Å². The maximum atomic E-state index is 13.0. The molecule has 166 valence electrons. The monoisotopic (exact) mass is 435 g/mol.